The lowest BCUT2D eigenvalue weighted by Gasteiger charge is -2.24. The van der Waals surface area contributed by atoms with Gasteiger partial charge in [-0.1, -0.05) is 132 Å². The summed E-state index contributed by atoms with van der Waals surface area (Å²) >= 11 is 26.4. The van der Waals surface area contributed by atoms with Crippen molar-refractivity contribution in [3.63, 3.8) is 0 Å². The number of rotatable bonds is 5. The minimum absolute atomic E-state index is 0.894. The van der Waals surface area contributed by atoms with Crippen molar-refractivity contribution >= 4 is 63.2 Å². The summed E-state index contributed by atoms with van der Waals surface area (Å²) in [6.45, 7) is 1.23. The lowest BCUT2D eigenvalue weighted by atomic mass is 9.89. The monoisotopic (exact) mass is 588 g/mol. The van der Waals surface area contributed by atoms with Crippen LogP contribution in [0.25, 0.3) is 11.1 Å². The summed E-state index contributed by atoms with van der Waals surface area (Å²) < 4.78 is -1.88. The summed E-state index contributed by atoms with van der Waals surface area (Å²) in [4.78, 5) is 8.82. The Hall–Kier alpha value is -2.00. The molecule has 0 saturated heterocycles. The van der Waals surface area contributed by atoms with Crippen molar-refractivity contribution in [3.05, 3.63) is 130 Å². The van der Waals surface area contributed by atoms with Gasteiger partial charge in [0.05, 0.1) is 0 Å². The minimum Gasteiger partial charge on any atom is -0.279 e. The van der Waals surface area contributed by atoms with E-state index in [0.717, 1.165) is 19.3 Å². The zero-order chi connectivity index (χ0) is 26.6. The first-order valence-electron chi connectivity index (χ1n) is 11.8. The van der Waals surface area contributed by atoms with Crippen molar-refractivity contribution in [1.82, 2.24) is 0 Å². The van der Waals surface area contributed by atoms with Crippen LogP contribution >= 0.6 is 58.0 Å². The summed E-state index contributed by atoms with van der Waals surface area (Å²) in [5.41, 5.74) is 11.5. The number of hydrogen-bond acceptors (Lipinski definition) is 1. The molecule has 0 aliphatic heterocycles. The maximum Gasteiger partial charge on any atom is 0.246 e. The Balaban J connectivity index is 0.000000275. The summed E-state index contributed by atoms with van der Waals surface area (Å²) in [5.74, 6) is 0. The second-order valence-electron chi connectivity index (χ2n) is 9.16. The number of alkyl halides is 4. The topological polar surface area (TPSA) is 17.1 Å². The van der Waals surface area contributed by atoms with E-state index in [1.54, 1.807) is 0 Å². The highest BCUT2D eigenvalue weighted by Crippen LogP contribution is 2.44. The minimum atomic E-state index is -1.88. The van der Waals surface area contributed by atoms with Gasteiger partial charge in [0, 0.05) is 0 Å². The first-order chi connectivity index (χ1) is 17.6. The molecular weight excluding hydrogens is 566 g/mol. The van der Waals surface area contributed by atoms with Gasteiger partial charge in [-0.3, -0.25) is 4.79 Å². The number of halogens is 5. The van der Waals surface area contributed by atoms with Crippen LogP contribution in [-0.4, -0.2) is 13.9 Å². The van der Waals surface area contributed by atoms with Gasteiger partial charge in [0.15, 0.2) is 4.87 Å². The number of carbonyl (C=O) groups is 1. The first kappa shape index (κ1) is 28.0. The maximum absolute atomic E-state index is 10.5. The number of hydrogen-bond donors (Lipinski definition) is 0. The Kier molecular flexibility index (Phi) is 8.94. The van der Waals surface area contributed by atoms with Gasteiger partial charge in [0.2, 0.25) is 9.03 Å². The average molecular weight is 591 g/mol. The van der Waals surface area contributed by atoms with E-state index in [1.807, 2.05) is 0 Å². The molecule has 1 nitrogen and oxygen atoms in total. The molecule has 0 saturated carbocycles. The first-order valence-corrected chi connectivity index (χ1v) is 13.7. The predicted molar refractivity (Wildman–Crippen MR) is 159 cm³/mol. The van der Waals surface area contributed by atoms with E-state index in [9.17, 15) is 4.79 Å². The van der Waals surface area contributed by atoms with Crippen LogP contribution in [0.1, 0.15) is 40.3 Å². The smallest absolute Gasteiger partial charge is 0.246 e. The van der Waals surface area contributed by atoms with Crippen LogP contribution in [-0.2, 0) is 24.1 Å². The van der Waals surface area contributed by atoms with Gasteiger partial charge in [-0.15, -0.1) is 11.6 Å². The van der Waals surface area contributed by atoms with Gasteiger partial charge in [0.25, 0.3) is 0 Å². The van der Waals surface area contributed by atoms with Crippen molar-refractivity contribution in [2.75, 3.05) is 0 Å². The molecule has 0 bridgehead atoms. The Morgan fingerprint density at radius 1 is 0.703 bits per heavy atom. The van der Waals surface area contributed by atoms with E-state index in [-0.39, 0.29) is 0 Å². The largest absolute Gasteiger partial charge is 0.279 e. The van der Waals surface area contributed by atoms with E-state index < -0.39 is 13.9 Å². The quantitative estimate of drug-likeness (QED) is 0.147. The molecule has 37 heavy (non-hydrogen) atoms. The molecule has 0 heterocycles. The number of benzene rings is 4. The van der Waals surface area contributed by atoms with Crippen LogP contribution in [0.15, 0.2) is 97.1 Å². The SMILES string of the molecule is CC(Cl)(C(=O)Cl)C(Cl)(Cl)Cl.c1ccc(Cc2ccc3c(c2Cc2ccccc2)Cc2ccccc2-3)cc1. The average Bonchev–Trinajstić information content (AvgIpc) is 3.25. The van der Waals surface area contributed by atoms with Crippen molar-refractivity contribution in [2.45, 2.75) is 34.9 Å². The van der Waals surface area contributed by atoms with Crippen LogP contribution < -0.4 is 0 Å². The fourth-order valence-electron chi connectivity index (χ4n) is 4.44. The van der Waals surface area contributed by atoms with Crippen LogP contribution in [0.3, 0.4) is 0 Å². The molecule has 6 heteroatoms. The summed E-state index contributed by atoms with van der Waals surface area (Å²) in [5, 5.41) is -0.894. The normalized spacial score (nSPS) is 13.6. The van der Waals surface area contributed by atoms with E-state index >= 15 is 0 Å². The summed E-state index contributed by atoms with van der Waals surface area (Å²) in [7, 11) is 0. The lowest BCUT2D eigenvalue weighted by Crippen LogP contribution is -2.39. The zero-order valence-electron chi connectivity index (χ0n) is 20.2. The van der Waals surface area contributed by atoms with E-state index in [1.165, 1.54) is 51.4 Å². The zero-order valence-corrected chi connectivity index (χ0v) is 23.9. The predicted octanol–water partition coefficient (Wildman–Crippen LogP) is 9.56. The third-order valence-electron chi connectivity index (χ3n) is 6.57. The van der Waals surface area contributed by atoms with Gasteiger partial charge >= 0.3 is 0 Å². The standard InChI is InChI=1S/C27H22.C4H3Cl5O/c1-3-9-20(10-4-1)17-23-15-16-25-24-14-8-7-13-22(24)19-27(25)26(23)18-21-11-5-2-6-12-21;1-3(6,2(5)10)4(7,8)9/h1-16H,17-19H2;1H3. The van der Waals surface area contributed by atoms with Crippen LogP contribution in [0, 0.1) is 0 Å². The lowest BCUT2D eigenvalue weighted by molar-refractivity contribution is -0.113. The third-order valence-corrected chi connectivity index (χ3v) is 8.92. The summed E-state index contributed by atoms with van der Waals surface area (Å²) in [6.07, 6.45) is 3.04. The number of fused-ring (bicyclic) bond motifs is 3. The molecule has 0 amide bonds. The van der Waals surface area contributed by atoms with Crippen LogP contribution in [0.2, 0.25) is 0 Å². The van der Waals surface area contributed by atoms with Crippen molar-refractivity contribution in [2.24, 2.45) is 0 Å². The molecule has 1 aliphatic rings. The Labute approximate surface area is 243 Å². The molecule has 190 valence electrons. The molecule has 1 unspecified atom stereocenters. The van der Waals surface area contributed by atoms with Gasteiger partial charge in [-0.2, -0.15) is 0 Å². The highest BCUT2D eigenvalue weighted by Gasteiger charge is 2.48. The van der Waals surface area contributed by atoms with Crippen LogP contribution in [0.5, 0.6) is 0 Å². The molecular formula is C31H25Cl5O. The fourth-order valence-corrected chi connectivity index (χ4v) is 4.98. The fraction of sp³-hybridized carbons (Fsp3) is 0.194. The van der Waals surface area contributed by atoms with Gasteiger partial charge < -0.3 is 0 Å². The van der Waals surface area contributed by atoms with Gasteiger partial charge in [-0.25, -0.2) is 0 Å². The molecule has 0 radical (unpaired) electrons. The van der Waals surface area contributed by atoms with E-state index in [2.05, 4.69) is 97.1 Å². The maximum atomic E-state index is 10.5. The van der Waals surface area contributed by atoms with E-state index in [0.29, 0.717) is 0 Å². The third kappa shape index (κ3) is 6.53. The molecule has 1 atom stereocenters. The molecule has 5 rings (SSSR count). The van der Waals surface area contributed by atoms with Crippen molar-refractivity contribution in [1.29, 1.82) is 0 Å². The molecule has 0 spiro atoms. The van der Waals surface area contributed by atoms with Gasteiger partial charge in [-0.05, 0) is 82.3 Å². The van der Waals surface area contributed by atoms with E-state index in [4.69, 9.17) is 58.0 Å². The Bertz CT molecular complexity index is 1380. The second kappa shape index (κ2) is 11.8. The van der Waals surface area contributed by atoms with Gasteiger partial charge in [0.1, 0.15) is 0 Å². The molecule has 4 aromatic rings. The highest BCUT2D eigenvalue weighted by atomic mass is 35.6. The molecule has 0 aromatic heterocycles. The Morgan fingerprint density at radius 2 is 1.24 bits per heavy atom. The molecule has 0 N–H and O–H groups in total. The van der Waals surface area contributed by atoms with Crippen molar-refractivity contribution in [3.8, 4) is 11.1 Å². The molecule has 1 aliphatic carbocycles. The number of carbonyl (C=O) groups excluding carboxylic acids is 1. The van der Waals surface area contributed by atoms with Crippen molar-refractivity contribution < 1.29 is 4.79 Å². The van der Waals surface area contributed by atoms with Crippen LogP contribution in [0.4, 0.5) is 0 Å². The Morgan fingerprint density at radius 3 is 1.78 bits per heavy atom. The molecule has 0 fully saturated rings. The molecule has 4 aromatic carbocycles. The highest BCUT2D eigenvalue weighted by molar-refractivity contribution is 6.79. The summed E-state index contributed by atoms with van der Waals surface area (Å²) in [6, 6.07) is 35.2. The second-order valence-corrected chi connectivity index (χ2v) is 12.5.